The van der Waals surface area contributed by atoms with E-state index in [1.54, 1.807) is 6.92 Å². The highest BCUT2D eigenvalue weighted by atomic mass is 16.7. The van der Waals surface area contributed by atoms with Crippen molar-refractivity contribution >= 4 is 6.09 Å². The quantitative estimate of drug-likeness (QED) is 0.458. The summed E-state index contributed by atoms with van der Waals surface area (Å²) in [5.74, 6) is 0. The smallest absolute Gasteiger partial charge is 0.407 e. The first-order valence-corrected chi connectivity index (χ1v) is 6.42. The third-order valence-electron chi connectivity index (χ3n) is 2.16. The third kappa shape index (κ3) is 9.21. The average Bonchev–Trinajstić information content (AvgIpc) is 2.34. The molecular weight excluding hydrogens is 238 g/mol. The van der Waals surface area contributed by atoms with Gasteiger partial charge in [0, 0.05) is 26.2 Å². The van der Waals surface area contributed by atoms with Crippen molar-refractivity contribution in [1.29, 1.82) is 0 Å². The minimum atomic E-state index is -0.513. The van der Waals surface area contributed by atoms with E-state index in [2.05, 4.69) is 5.32 Å². The number of carbonyl (C=O) groups excluding carboxylic acids is 1. The molecule has 0 rings (SSSR count). The molecule has 0 aliphatic rings. The standard InChI is InChI=1S/C12H25NO5/c1-4-16-11(17-5-2)7-6-8-13-12(15)18-10(3)9-14/h10-11,14H,4-9H2,1-3H3,(H,13,15). The molecule has 1 unspecified atom stereocenters. The first-order valence-electron chi connectivity index (χ1n) is 6.42. The van der Waals surface area contributed by atoms with Crippen LogP contribution in [0.5, 0.6) is 0 Å². The Labute approximate surface area is 109 Å². The van der Waals surface area contributed by atoms with Gasteiger partial charge in [-0.25, -0.2) is 4.79 Å². The van der Waals surface area contributed by atoms with Crippen LogP contribution in [0.15, 0.2) is 0 Å². The van der Waals surface area contributed by atoms with Crippen LogP contribution in [0.2, 0.25) is 0 Å². The predicted octanol–water partition coefficient (Wildman–Crippen LogP) is 1.27. The molecule has 0 aliphatic carbocycles. The van der Waals surface area contributed by atoms with Crippen molar-refractivity contribution in [2.24, 2.45) is 0 Å². The second kappa shape index (κ2) is 11.3. The Morgan fingerprint density at radius 2 is 1.89 bits per heavy atom. The molecule has 0 aromatic rings. The fourth-order valence-corrected chi connectivity index (χ4v) is 1.31. The molecule has 0 aromatic carbocycles. The maximum Gasteiger partial charge on any atom is 0.407 e. The number of aliphatic hydroxyl groups excluding tert-OH is 1. The van der Waals surface area contributed by atoms with Gasteiger partial charge < -0.3 is 24.6 Å². The fourth-order valence-electron chi connectivity index (χ4n) is 1.31. The fraction of sp³-hybridized carbons (Fsp3) is 0.917. The van der Waals surface area contributed by atoms with Crippen LogP contribution in [-0.2, 0) is 14.2 Å². The summed E-state index contributed by atoms with van der Waals surface area (Å²) < 4.78 is 15.6. The number of amides is 1. The number of alkyl carbamates (subject to hydrolysis) is 1. The molecule has 6 nitrogen and oxygen atoms in total. The number of ether oxygens (including phenoxy) is 3. The molecule has 0 aliphatic heterocycles. The lowest BCUT2D eigenvalue weighted by atomic mass is 10.3. The molecule has 0 saturated heterocycles. The van der Waals surface area contributed by atoms with E-state index in [1.807, 2.05) is 13.8 Å². The molecule has 1 amide bonds. The number of nitrogens with one attached hydrogen (secondary N) is 1. The zero-order valence-corrected chi connectivity index (χ0v) is 11.5. The Kier molecular flexibility index (Phi) is 10.7. The Morgan fingerprint density at radius 3 is 2.39 bits per heavy atom. The lowest BCUT2D eigenvalue weighted by molar-refractivity contribution is -0.139. The largest absolute Gasteiger partial charge is 0.444 e. The van der Waals surface area contributed by atoms with Gasteiger partial charge in [0.1, 0.15) is 6.10 Å². The molecule has 2 N–H and O–H groups in total. The summed E-state index contributed by atoms with van der Waals surface area (Å²) in [4.78, 5) is 11.2. The van der Waals surface area contributed by atoms with Crippen LogP contribution in [0.25, 0.3) is 0 Å². The highest BCUT2D eigenvalue weighted by molar-refractivity contribution is 5.67. The van der Waals surface area contributed by atoms with Crippen molar-refractivity contribution in [3.8, 4) is 0 Å². The van der Waals surface area contributed by atoms with Gasteiger partial charge in [0.15, 0.2) is 6.29 Å². The topological polar surface area (TPSA) is 77.0 Å². The van der Waals surface area contributed by atoms with E-state index in [1.165, 1.54) is 0 Å². The number of carbonyl (C=O) groups is 1. The van der Waals surface area contributed by atoms with Crippen molar-refractivity contribution in [3.05, 3.63) is 0 Å². The monoisotopic (exact) mass is 263 g/mol. The van der Waals surface area contributed by atoms with Gasteiger partial charge in [-0.3, -0.25) is 0 Å². The van der Waals surface area contributed by atoms with E-state index < -0.39 is 12.2 Å². The molecule has 18 heavy (non-hydrogen) atoms. The molecule has 0 bridgehead atoms. The summed E-state index contributed by atoms with van der Waals surface area (Å²) in [6.07, 6.45) is 0.254. The van der Waals surface area contributed by atoms with Crippen LogP contribution in [0.4, 0.5) is 4.79 Å². The average molecular weight is 263 g/mol. The minimum absolute atomic E-state index is 0.176. The van der Waals surface area contributed by atoms with Crippen LogP contribution in [0, 0.1) is 0 Å². The van der Waals surface area contributed by atoms with Gasteiger partial charge in [0.05, 0.1) is 6.61 Å². The summed E-state index contributed by atoms with van der Waals surface area (Å²) in [6, 6.07) is 0. The Hall–Kier alpha value is -0.850. The summed E-state index contributed by atoms with van der Waals surface area (Å²) >= 11 is 0. The number of rotatable bonds is 10. The van der Waals surface area contributed by atoms with Gasteiger partial charge in [-0.15, -0.1) is 0 Å². The number of aliphatic hydroxyl groups is 1. The minimum Gasteiger partial charge on any atom is -0.444 e. The van der Waals surface area contributed by atoms with Gasteiger partial charge in [0.25, 0.3) is 0 Å². The van der Waals surface area contributed by atoms with E-state index in [-0.39, 0.29) is 12.9 Å². The van der Waals surface area contributed by atoms with E-state index in [4.69, 9.17) is 19.3 Å². The molecule has 0 heterocycles. The molecule has 1 atom stereocenters. The van der Waals surface area contributed by atoms with Gasteiger partial charge in [0.2, 0.25) is 0 Å². The second-order valence-corrected chi connectivity index (χ2v) is 3.81. The Bertz CT molecular complexity index is 207. The van der Waals surface area contributed by atoms with Crippen molar-refractivity contribution in [3.63, 3.8) is 0 Å². The highest BCUT2D eigenvalue weighted by Crippen LogP contribution is 2.03. The van der Waals surface area contributed by atoms with E-state index in [0.717, 1.165) is 12.8 Å². The molecule has 0 aromatic heterocycles. The predicted molar refractivity (Wildman–Crippen MR) is 67.3 cm³/mol. The summed E-state index contributed by atoms with van der Waals surface area (Å²) in [5.41, 5.74) is 0. The Morgan fingerprint density at radius 1 is 1.28 bits per heavy atom. The van der Waals surface area contributed by atoms with Gasteiger partial charge in [-0.05, 0) is 27.2 Å². The lowest BCUT2D eigenvalue weighted by Gasteiger charge is -2.17. The molecule has 108 valence electrons. The molecule has 0 spiro atoms. The molecule has 0 radical (unpaired) electrons. The first kappa shape index (κ1) is 17.2. The van der Waals surface area contributed by atoms with Crippen LogP contribution >= 0.6 is 0 Å². The first-order chi connectivity index (χ1) is 8.63. The van der Waals surface area contributed by atoms with Crippen molar-refractivity contribution < 1.29 is 24.1 Å². The Balaban J connectivity index is 3.60. The van der Waals surface area contributed by atoms with Crippen molar-refractivity contribution in [2.75, 3.05) is 26.4 Å². The molecular formula is C12H25NO5. The van der Waals surface area contributed by atoms with Crippen LogP contribution in [0.1, 0.15) is 33.6 Å². The normalized spacial score (nSPS) is 12.5. The SMILES string of the molecule is CCOC(CCCNC(=O)OC(C)CO)OCC. The van der Waals surface area contributed by atoms with Crippen LogP contribution in [-0.4, -0.2) is 50.0 Å². The van der Waals surface area contributed by atoms with Gasteiger partial charge in [-0.2, -0.15) is 0 Å². The maximum absolute atomic E-state index is 11.2. The van der Waals surface area contributed by atoms with Crippen molar-refractivity contribution in [1.82, 2.24) is 5.32 Å². The molecule has 0 saturated carbocycles. The maximum atomic E-state index is 11.2. The van der Waals surface area contributed by atoms with Crippen molar-refractivity contribution in [2.45, 2.75) is 46.0 Å². The number of hydrogen-bond donors (Lipinski definition) is 2. The van der Waals surface area contributed by atoms with Crippen LogP contribution in [0.3, 0.4) is 0 Å². The molecule has 6 heteroatoms. The third-order valence-corrected chi connectivity index (χ3v) is 2.16. The second-order valence-electron chi connectivity index (χ2n) is 3.81. The van der Waals surface area contributed by atoms with Gasteiger partial charge in [-0.1, -0.05) is 0 Å². The zero-order chi connectivity index (χ0) is 13.8. The van der Waals surface area contributed by atoms with E-state index in [0.29, 0.717) is 19.8 Å². The molecule has 0 fully saturated rings. The van der Waals surface area contributed by atoms with Gasteiger partial charge >= 0.3 is 6.09 Å². The highest BCUT2D eigenvalue weighted by Gasteiger charge is 2.09. The zero-order valence-electron chi connectivity index (χ0n) is 11.5. The summed E-state index contributed by atoms with van der Waals surface area (Å²) in [6.45, 7) is 6.98. The van der Waals surface area contributed by atoms with Crippen LogP contribution < -0.4 is 5.32 Å². The van der Waals surface area contributed by atoms with E-state index >= 15 is 0 Å². The lowest BCUT2D eigenvalue weighted by Crippen LogP contribution is -2.30. The summed E-state index contributed by atoms with van der Waals surface area (Å²) in [5, 5.41) is 11.3. The summed E-state index contributed by atoms with van der Waals surface area (Å²) in [7, 11) is 0. The number of hydrogen-bond acceptors (Lipinski definition) is 5. The van der Waals surface area contributed by atoms with E-state index in [9.17, 15) is 4.79 Å².